The smallest absolute Gasteiger partial charge is 0.229 e. The zero-order chi connectivity index (χ0) is 13.0. The minimum atomic E-state index is -0.0649. The zero-order valence-electron chi connectivity index (χ0n) is 10.7. The minimum Gasteiger partial charge on any atom is -0.497 e. The molecule has 0 aliphatic heterocycles. The van der Waals surface area contributed by atoms with Crippen LogP contribution in [0.5, 0.6) is 5.75 Å². The number of ether oxygens (including phenoxy) is 1. The molecule has 1 fully saturated rings. The van der Waals surface area contributed by atoms with Crippen molar-refractivity contribution in [1.82, 2.24) is 0 Å². The van der Waals surface area contributed by atoms with E-state index in [0.29, 0.717) is 0 Å². The lowest BCUT2D eigenvalue weighted by atomic mass is 9.84. The van der Waals surface area contributed by atoms with Crippen LogP contribution in [-0.4, -0.2) is 19.1 Å². The predicted octanol–water partition coefficient (Wildman–Crippen LogP) is 2.15. The van der Waals surface area contributed by atoms with E-state index >= 15 is 0 Å². The highest BCUT2D eigenvalue weighted by Crippen LogP contribution is 2.25. The summed E-state index contributed by atoms with van der Waals surface area (Å²) < 4.78 is 5.13. The van der Waals surface area contributed by atoms with Gasteiger partial charge in [-0.05, 0) is 25.0 Å². The van der Waals surface area contributed by atoms with Crippen molar-refractivity contribution in [1.29, 1.82) is 0 Å². The van der Waals surface area contributed by atoms with Crippen molar-refractivity contribution in [2.75, 3.05) is 12.4 Å². The van der Waals surface area contributed by atoms with E-state index in [2.05, 4.69) is 5.32 Å². The monoisotopic (exact) mass is 248 g/mol. The van der Waals surface area contributed by atoms with Crippen molar-refractivity contribution >= 4 is 11.6 Å². The molecule has 0 spiro atoms. The van der Waals surface area contributed by atoms with E-state index in [4.69, 9.17) is 10.5 Å². The van der Waals surface area contributed by atoms with Crippen LogP contribution < -0.4 is 15.8 Å². The van der Waals surface area contributed by atoms with E-state index in [1.54, 1.807) is 7.11 Å². The first kappa shape index (κ1) is 12.9. The van der Waals surface area contributed by atoms with Crippen LogP contribution in [0.25, 0.3) is 0 Å². The number of benzene rings is 1. The Balaban J connectivity index is 2.01. The number of amides is 1. The number of hydrogen-bond acceptors (Lipinski definition) is 3. The molecule has 2 unspecified atom stereocenters. The molecule has 1 aliphatic rings. The van der Waals surface area contributed by atoms with Crippen molar-refractivity contribution in [2.24, 2.45) is 11.7 Å². The van der Waals surface area contributed by atoms with Gasteiger partial charge in [0.1, 0.15) is 5.75 Å². The molecule has 18 heavy (non-hydrogen) atoms. The van der Waals surface area contributed by atoms with Crippen molar-refractivity contribution in [2.45, 2.75) is 31.7 Å². The number of anilines is 1. The number of rotatable bonds is 3. The van der Waals surface area contributed by atoms with E-state index in [0.717, 1.165) is 37.1 Å². The van der Waals surface area contributed by atoms with Gasteiger partial charge in [0.2, 0.25) is 5.91 Å². The largest absolute Gasteiger partial charge is 0.497 e. The second kappa shape index (κ2) is 5.87. The lowest BCUT2D eigenvalue weighted by Gasteiger charge is -2.27. The average molecular weight is 248 g/mol. The Bertz CT molecular complexity index is 420. The second-order valence-electron chi connectivity index (χ2n) is 4.78. The maximum Gasteiger partial charge on any atom is 0.229 e. The van der Waals surface area contributed by atoms with Crippen molar-refractivity contribution in [3.05, 3.63) is 24.3 Å². The Morgan fingerprint density at radius 2 is 2.17 bits per heavy atom. The SMILES string of the molecule is COc1cccc(NC(=O)C2CCCCC2N)c1. The van der Waals surface area contributed by atoms with Gasteiger partial charge in [-0.2, -0.15) is 0 Å². The highest BCUT2D eigenvalue weighted by molar-refractivity contribution is 5.93. The lowest BCUT2D eigenvalue weighted by Crippen LogP contribution is -2.40. The fraction of sp³-hybridized carbons (Fsp3) is 0.500. The maximum atomic E-state index is 12.1. The fourth-order valence-corrected chi connectivity index (χ4v) is 2.42. The minimum absolute atomic E-state index is 0.00985. The first-order valence-electron chi connectivity index (χ1n) is 6.41. The topological polar surface area (TPSA) is 64.3 Å². The number of hydrogen-bond donors (Lipinski definition) is 2. The summed E-state index contributed by atoms with van der Waals surface area (Å²) in [6.45, 7) is 0. The molecule has 0 aromatic heterocycles. The van der Waals surface area contributed by atoms with Gasteiger partial charge in [0.05, 0.1) is 13.0 Å². The molecular weight excluding hydrogens is 228 g/mol. The van der Waals surface area contributed by atoms with Crippen LogP contribution in [0.4, 0.5) is 5.69 Å². The molecule has 1 saturated carbocycles. The first-order valence-corrected chi connectivity index (χ1v) is 6.41. The molecule has 0 radical (unpaired) electrons. The summed E-state index contributed by atoms with van der Waals surface area (Å²) in [6.07, 6.45) is 4.04. The molecule has 2 atom stereocenters. The number of methoxy groups -OCH3 is 1. The van der Waals surface area contributed by atoms with Gasteiger partial charge in [-0.25, -0.2) is 0 Å². The third-order valence-electron chi connectivity index (χ3n) is 3.49. The van der Waals surface area contributed by atoms with E-state index in [-0.39, 0.29) is 17.9 Å². The van der Waals surface area contributed by atoms with Gasteiger partial charge < -0.3 is 15.8 Å². The molecule has 1 aromatic carbocycles. The van der Waals surface area contributed by atoms with Gasteiger partial charge in [0.15, 0.2) is 0 Å². The summed E-state index contributed by atoms with van der Waals surface area (Å²) in [7, 11) is 1.61. The number of nitrogens with one attached hydrogen (secondary N) is 1. The van der Waals surface area contributed by atoms with Crippen molar-refractivity contribution in [3.63, 3.8) is 0 Å². The normalized spacial score (nSPS) is 23.4. The molecule has 4 heteroatoms. The van der Waals surface area contributed by atoms with E-state index in [1.165, 1.54) is 0 Å². The number of nitrogens with two attached hydrogens (primary N) is 1. The Hall–Kier alpha value is -1.55. The van der Waals surface area contributed by atoms with E-state index in [9.17, 15) is 4.79 Å². The fourth-order valence-electron chi connectivity index (χ4n) is 2.42. The highest BCUT2D eigenvalue weighted by Gasteiger charge is 2.28. The quantitative estimate of drug-likeness (QED) is 0.861. The summed E-state index contributed by atoms with van der Waals surface area (Å²) in [5.74, 6) is 0.696. The Labute approximate surface area is 108 Å². The van der Waals surface area contributed by atoms with Gasteiger partial charge in [-0.3, -0.25) is 4.79 Å². The molecule has 1 aliphatic carbocycles. The molecule has 0 saturated heterocycles. The van der Waals surface area contributed by atoms with E-state index in [1.807, 2.05) is 24.3 Å². The van der Waals surface area contributed by atoms with Crippen molar-refractivity contribution < 1.29 is 9.53 Å². The van der Waals surface area contributed by atoms with Gasteiger partial charge in [-0.15, -0.1) is 0 Å². The molecule has 1 aromatic rings. The number of carbonyl (C=O) groups excluding carboxylic acids is 1. The van der Waals surface area contributed by atoms with Crippen LogP contribution in [0, 0.1) is 5.92 Å². The Morgan fingerprint density at radius 1 is 1.39 bits per heavy atom. The van der Waals surface area contributed by atoms with Crippen LogP contribution in [0.15, 0.2) is 24.3 Å². The van der Waals surface area contributed by atoms with E-state index < -0.39 is 0 Å². The van der Waals surface area contributed by atoms with Gasteiger partial charge in [-0.1, -0.05) is 18.9 Å². The molecule has 3 N–H and O–H groups in total. The Kier molecular flexibility index (Phi) is 4.20. The lowest BCUT2D eigenvalue weighted by molar-refractivity contribution is -0.121. The van der Waals surface area contributed by atoms with Gasteiger partial charge in [0, 0.05) is 17.8 Å². The summed E-state index contributed by atoms with van der Waals surface area (Å²) >= 11 is 0. The molecule has 98 valence electrons. The van der Waals surface area contributed by atoms with Crippen LogP contribution in [0.2, 0.25) is 0 Å². The van der Waals surface area contributed by atoms with Crippen LogP contribution in [-0.2, 0) is 4.79 Å². The third-order valence-corrected chi connectivity index (χ3v) is 3.49. The molecule has 0 heterocycles. The molecule has 2 rings (SSSR count). The van der Waals surface area contributed by atoms with Crippen LogP contribution in [0.3, 0.4) is 0 Å². The van der Waals surface area contributed by atoms with Gasteiger partial charge >= 0.3 is 0 Å². The van der Waals surface area contributed by atoms with Crippen LogP contribution >= 0.6 is 0 Å². The molecule has 0 bridgehead atoms. The van der Waals surface area contributed by atoms with Crippen molar-refractivity contribution in [3.8, 4) is 5.75 Å². The first-order chi connectivity index (χ1) is 8.70. The van der Waals surface area contributed by atoms with Crippen LogP contribution in [0.1, 0.15) is 25.7 Å². The Morgan fingerprint density at radius 3 is 2.89 bits per heavy atom. The highest BCUT2D eigenvalue weighted by atomic mass is 16.5. The second-order valence-corrected chi connectivity index (χ2v) is 4.78. The molecule has 1 amide bonds. The molecular formula is C14H20N2O2. The summed E-state index contributed by atoms with van der Waals surface area (Å²) in [6, 6.07) is 7.36. The predicted molar refractivity (Wildman–Crippen MR) is 71.6 cm³/mol. The molecule has 4 nitrogen and oxygen atoms in total. The third kappa shape index (κ3) is 3.01. The summed E-state index contributed by atoms with van der Waals surface area (Å²) in [5.41, 5.74) is 6.77. The standard InChI is InChI=1S/C14H20N2O2/c1-18-11-6-4-5-10(9-11)16-14(17)12-7-2-3-8-13(12)15/h4-6,9,12-13H,2-3,7-8,15H2,1H3,(H,16,17). The van der Waals surface area contributed by atoms with Gasteiger partial charge in [0.25, 0.3) is 0 Å². The zero-order valence-corrected chi connectivity index (χ0v) is 10.7. The maximum absolute atomic E-state index is 12.1. The summed E-state index contributed by atoms with van der Waals surface area (Å²) in [4.78, 5) is 12.1. The summed E-state index contributed by atoms with van der Waals surface area (Å²) in [5, 5.41) is 2.92. The number of carbonyl (C=O) groups is 1. The average Bonchev–Trinajstić information content (AvgIpc) is 2.39.